The highest BCUT2D eigenvalue weighted by molar-refractivity contribution is 6.05. The lowest BCUT2D eigenvalue weighted by molar-refractivity contribution is -0.394. The molecule has 0 aliphatic rings. The first-order chi connectivity index (χ1) is 16.4. The number of carbonyl (C=O) groups is 2. The molecule has 0 spiro atoms. The molecule has 1 heterocycles. The summed E-state index contributed by atoms with van der Waals surface area (Å²) in [6.45, 7) is 1.51. The van der Waals surface area contributed by atoms with Crippen molar-refractivity contribution in [2.24, 2.45) is 5.10 Å². The molecule has 0 aliphatic heterocycles. The second kappa shape index (κ2) is 11.1. The van der Waals surface area contributed by atoms with Gasteiger partial charge >= 0.3 is 5.95 Å². The smallest absolute Gasteiger partial charge is 0.497 e. The number of methoxy groups -OCH3 is 1. The van der Waals surface area contributed by atoms with Gasteiger partial charge in [-0.05, 0) is 47.8 Å². The molecule has 2 N–H and O–H groups in total. The summed E-state index contributed by atoms with van der Waals surface area (Å²) in [6.07, 6.45) is 1.49. The average Bonchev–Trinajstić information content (AvgIpc) is 3.32. The lowest BCUT2D eigenvalue weighted by Crippen LogP contribution is -2.33. The summed E-state index contributed by atoms with van der Waals surface area (Å²) >= 11 is 0. The molecule has 2 aromatic carbocycles. The lowest BCUT2D eigenvalue weighted by Gasteiger charge is -2.10. The largest absolute Gasteiger partial charge is 0.514 e. The van der Waals surface area contributed by atoms with Gasteiger partial charge in [-0.15, -0.1) is 0 Å². The minimum absolute atomic E-state index is 0.0466. The van der Waals surface area contributed by atoms with Crippen molar-refractivity contribution >= 4 is 29.6 Å². The minimum atomic E-state index is -0.774. The molecular weight excluding hydrogens is 444 g/mol. The van der Waals surface area contributed by atoms with E-state index in [1.165, 1.54) is 13.2 Å². The average molecular weight is 464 g/mol. The van der Waals surface area contributed by atoms with E-state index in [1.54, 1.807) is 61.5 Å². The van der Waals surface area contributed by atoms with Crippen molar-refractivity contribution in [3.63, 3.8) is 0 Å². The molecule has 0 atom stereocenters. The number of nitrogens with zero attached hydrogens (tertiary/aromatic N) is 6. The number of tetrazole rings is 1. The number of nitro groups is 1. The van der Waals surface area contributed by atoms with Crippen molar-refractivity contribution in [2.75, 3.05) is 7.11 Å². The Kier molecular flexibility index (Phi) is 7.73. The Balaban J connectivity index is 1.77. The van der Waals surface area contributed by atoms with E-state index in [0.717, 1.165) is 4.80 Å². The van der Waals surface area contributed by atoms with Gasteiger partial charge < -0.3 is 20.2 Å². The van der Waals surface area contributed by atoms with Crippen molar-refractivity contribution in [1.29, 1.82) is 0 Å². The number of nitrogens with one attached hydrogen (secondary N) is 2. The Bertz CT molecular complexity index is 1240. The Morgan fingerprint density at radius 3 is 2.50 bits per heavy atom. The first-order valence-corrected chi connectivity index (χ1v) is 9.83. The molecule has 2 amide bonds. The summed E-state index contributed by atoms with van der Waals surface area (Å²) in [7, 11) is 1.54. The van der Waals surface area contributed by atoms with E-state index < -0.39 is 22.7 Å². The zero-order valence-corrected chi connectivity index (χ0v) is 18.2. The number of hydrogen-bond donors (Lipinski definition) is 2. The highest BCUT2D eigenvalue weighted by Crippen LogP contribution is 2.14. The molecule has 0 unspecified atom stereocenters. The molecule has 0 bridgehead atoms. The quantitative estimate of drug-likeness (QED) is 0.208. The van der Waals surface area contributed by atoms with E-state index >= 15 is 0 Å². The summed E-state index contributed by atoms with van der Waals surface area (Å²) in [5, 5.41) is 27.6. The zero-order chi connectivity index (χ0) is 24.5. The topological polar surface area (TPSA) is 167 Å². The minimum Gasteiger partial charge on any atom is -0.497 e. The lowest BCUT2D eigenvalue weighted by atomic mass is 10.1. The maximum Gasteiger partial charge on any atom is 0.514 e. The van der Waals surface area contributed by atoms with Gasteiger partial charge in [0, 0.05) is 10.8 Å². The van der Waals surface area contributed by atoms with Crippen LogP contribution in [0, 0.1) is 10.1 Å². The Morgan fingerprint density at radius 2 is 1.88 bits per heavy atom. The normalized spacial score (nSPS) is 11.6. The monoisotopic (exact) mass is 464 g/mol. The van der Waals surface area contributed by atoms with Crippen molar-refractivity contribution < 1.29 is 19.2 Å². The SMILES string of the molecule is COc1ccc(/C=C(\NC(=O)c2ccccc2)C(=O)N/N=C(\C)Cn2nnc([N+](=O)[O-])n2)cc1. The molecule has 34 heavy (non-hydrogen) atoms. The summed E-state index contributed by atoms with van der Waals surface area (Å²) < 4.78 is 5.13. The number of hydrazone groups is 1. The van der Waals surface area contributed by atoms with Gasteiger partial charge in [0.2, 0.25) is 0 Å². The van der Waals surface area contributed by atoms with Crippen molar-refractivity contribution in [3.05, 3.63) is 81.5 Å². The molecule has 13 heteroatoms. The predicted octanol–water partition coefficient (Wildman–Crippen LogP) is 1.55. The summed E-state index contributed by atoms with van der Waals surface area (Å²) in [5.41, 5.74) is 3.64. The third kappa shape index (κ3) is 6.53. The first kappa shape index (κ1) is 23.7. The zero-order valence-electron chi connectivity index (χ0n) is 18.2. The Hall–Kier alpha value is -4.94. The number of benzene rings is 2. The van der Waals surface area contributed by atoms with Gasteiger partial charge in [-0.2, -0.15) is 5.10 Å². The molecule has 0 fully saturated rings. The van der Waals surface area contributed by atoms with Crippen LogP contribution in [0.25, 0.3) is 6.08 Å². The highest BCUT2D eigenvalue weighted by Gasteiger charge is 2.17. The highest BCUT2D eigenvalue weighted by atomic mass is 16.6. The molecule has 3 aromatic rings. The molecule has 0 saturated carbocycles. The van der Waals surface area contributed by atoms with Gasteiger partial charge in [0.25, 0.3) is 11.8 Å². The van der Waals surface area contributed by atoms with Crippen molar-refractivity contribution in [3.8, 4) is 5.75 Å². The summed E-state index contributed by atoms with van der Waals surface area (Å²) in [5.74, 6) is -1.17. The number of aromatic nitrogens is 4. The van der Waals surface area contributed by atoms with Crippen LogP contribution in [0.15, 0.2) is 65.4 Å². The van der Waals surface area contributed by atoms with Crippen LogP contribution >= 0.6 is 0 Å². The van der Waals surface area contributed by atoms with Gasteiger partial charge in [-0.25, -0.2) is 5.43 Å². The third-order valence-electron chi connectivity index (χ3n) is 4.28. The molecular formula is C21H20N8O5. The summed E-state index contributed by atoms with van der Waals surface area (Å²) in [6, 6.07) is 15.3. The van der Waals surface area contributed by atoms with Crippen molar-refractivity contribution in [1.82, 2.24) is 30.9 Å². The van der Waals surface area contributed by atoms with Crippen LogP contribution in [0.4, 0.5) is 5.95 Å². The van der Waals surface area contributed by atoms with Gasteiger partial charge in [0.15, 0.2) is 0 Å². The van der Waals surface area contributed by atoms with Crippen LogP contribution in [0.3, 0.4) is 0 Å². The van der Waals surface area contributed by atoms with E-state index in [2.05, 4.69) is 31.3 Å². The molecule has 174 valence electrons. The molecule has 0 radical (unpaired) electrons. The second-order valence-corrected chi connectivity index (χ2v) is 6.82. The van der Waals surface area contributed by atoms with E-state index in [4.69, 9.17) is 4.74 Å². The maximum absolute atomic E-state index is 12.8. The first-order valence-electron chi connectivity index (χ1n) is 9.83. The van der Waals surface area contributed by atoms with Crippen LogP contribution < -0.4 is 15.5 Å². The fourth-order valence-electron chi connectivity index (χ4n) is 2.63. The number of ether oxygens (including phenoxy) is 1. The number of hydrogen-bond acceptors (Lipinski definition) is 9. The Morgan fingerprint density at radius 1 is 1.18 bits per heavy atom. The maximum atomic E-state index is 12.8. The predicted molar refractivity (Wildman–Crippen MR) is 121 cm³/mol. The number of amides is 2. The van der Waals surface area contributed by atoms with Crippen LogP contribution in [-0.2, 0) is 11.3 Å². The third-order valence-corrected chi connectivity index (χ3v) is 4.28. The van der Waals surface area contributed by atoms with Crippen LogP contribution in [0.5, 0.6) is 5.75 Å². The van der Waals surface area contributed by atoms with E-state index in [9.17, 15) is 19.7 Å². The van der Waals surface area contributed by atoms with E-state index in [1.807, 2.05) is 0 Å². The molecule has 13 nitrogen and oxygen atoms in total. The van der Waals surface area contributed by atoms with Gasteiger partial charge in [-0.1, -0.05) is 35.1 Å². The van der Waals surface area contributed by atoms with Gasteiger partial charge in [-0.3, -0.25) is 9.59 Å². The fourth-order valence-corrected chi connectivity index (χ4v) is 2.63. The van der Waals surface area contributed by atoms with Crippen molar-refractivity contribution in [2.45, 2.75) is 13.5 Å². The van der Waals surface area contributed by atoms with Crippen LogP contribution in [0.2, 0.25) is 0 Å². The Labute approximate surface area is 193 Å². The summed E-state index contributed by atoms with van der Waals surface area (Å²) in [4.78, 5) is 36.3. The number of carbonyl (C=O) groups excluding carboxylic acids is 2. The molecule has 1 aromatic heterocycles. The number of rotatable bonds is 9. The van der Waals surface area contributed by atoms with Gasteiger partial charge in [0.1, 0.15) is 18.0 Å². The second-order valence-electron chi connectivity index (χ2n) is 6.82. The van der Waals surface area contributed by atoms with Crippen LogP contribution in [-0.4, -0.2) is 49.8 Å². The molecule has 0 saturated heterocycles. The van der Waals surface area contributed by atoms with E-state index in [0.29, 0.717) is 22.6 Å². The van der Waals surface area contributed by atoms with E-state index in [-0.39, 0.29) is 12.2 Å². The fraction of sp³-hybridized carbons (Fsp3) is 0.143. The standard InChI is InChI=1S/C21H20N8O5/c1-14(13-28-26-21(25-27-28)29(32)33)23-24-20(31)18(12-15-8-10-17(34-2)11-9-15)22-19(30)16-6-4-3-5-7-16/h3-12H,13H2,1-2H3,(H,22,30)(H,24,31)/b18-12-,23-14+. The van der Waals surface area contributed by atoms with Gasteiger partial charge in [0.05, 0.1) is 23.0 Å². The molecule has 3 rings (SSSR count). The van der Waals surface area contributed by atoms with Crippen LogP contribution in [0.1, 0.15) is 22.8 Å². The molecule has 0 aliphatic carbocycles.